The predicted molar refractivity (Wildman–Crippen MR) is 168 cm³/mol. The zero-order valence-electron chi connectivity index (χ0n) is 26.8. The number of ether oxygens (including phenoxy) is 2. The molecule has 3 aliphatic heterocycles. The molecule has 2 saturated heterocycles. The van der Waals surface area contributed by atoms with Gasteiger partial charge in [0.1, 0.15) is 18.4 Å². The van der Waals surface area contributed by atoms with Crippen LogP contribution >= 0.6 is 0 Å². The molecule has 11 heteroatoms. The largest absolute Gasteiger partial charge is 0.457 e. The van der Waals surface area contributed by atoms with Crippen LogP contribution in [0.15, 0.2) is 42.0 Å². The summed E-state index contributed by atoms with van der Waals surface area (Å²) in [6.45, 7) is 8.73. The van der Waals surface area contributed by atoms with Crippen LogP contribution in [0.25, 0.3) is 6.08 Å². The maximum Gasteiger partial charge on any atom is 0.410 e. The molecule has 3 heterocycles. The van der Waals surface area contributed by atoms with Crippen molar-refractivity contribution in [3.8, 4) is 0 Å². The second kappa shape index (κ2) is 15.8. The molecule has 3 aliphatic rings. The summed E-state index contributed by atoms with van der Waals surface area (Å²) >= 11 is 0. The molecular weight excluding hydrogens is 581 g/mol. The van der Waals surface area contributed by atoms with Crippen LogP contribution in [0.2, 0.25) is 0 Å². The van der Waals surface area contributed by atoms with Gasteiger partial charge in [0.05, 0.1) is 19.1 Å². The predicted octanol–water partition coefficient (Wildman–Crippen LogP) is 3.73. The molecule has 10 nitrogen and oxygen atoms in total. The van der Waals surface area contributed by atoms with Gasteiger partial charge in [0, 0.05) is 38.6 Å². The van der Waals surface area contributed by atoms with Crippen LogP contribution in [0.1, 0.15) is 63.7 Å². The first kappa shape index (κ1) is 34.6. The second-order valence-electron chi connectivity index (χ2n) is 12.8. The third-order valence-electron chi connectivity index (χ3n) is 9.00. The minimum Gasteiger partial charge on any atom is -0.457 e. The first-order chi connectivity index (χ1) is 21.4. The van der Waals surface area contributed by atoms with Crippen molar-refractivity contribution in [2.75, 3.05) is 46.3 Å². The van der Waals surface area contributed by atoms with Crippen molar-refractivity contribution in [1.29, 1.82) is 0 Å². The Morgan fingerprint density at radius 1 is 1.07 bits per heavy atom. The number of alkyl halides is 1. The lowest BCUT2D eigenvalue weighted by Crippen LogP contribution is -2.48. The number of likely N-dealkylation sites (N-methyl/N-ethyl adjacent to an activating group) is 1. The quantitative estimate of drug-likeness (QED) is 0.374. The molecule has 0 aliphatic carbocycles. The fourth-order valence-electron chi connectivity index (χ4n) is 6.03. The summed E-state index contributed by atoms with van der Waals surface area (Å²) in [5, 5.41) is 21.3. The topological polar surface area (TPSA) is 120 Å². The van der Waals surface area contributed by atoms with Crippen molar-refractivity contribution in [1.82, 2.24) is 14.7 Å². The van der Waals surface area contributed by atoms with Gasteiger partial charge in [-0.15, -0.1) is 0 Å². The van der Waals surface area contributed by atoms with Gasteiger partial charge < -0.3 is 34.4 Å². The van der Waals surface area contributed by atoms with Crippen molar-refractivity contribution >= 4 is 24.0 Å². The van der Waals surface area contributed by atoms with E-state index in [0.29, 0.717) is 42.6 Å². The molecule has 0 bridgehead atoms. The van der Waals surface area contributed by atoms with Gasteiger partial charge >= 0.3 is 12.1 Å². The average Bonchev–Trinajstić information content (AvgIpc) is 3.45. The van der Waals surface area contributed by atoms with E-state index in [-0.39, 0.29) is 43.9 Å². The highest BCUT2D eigenvalue weighted by Crippen LogP contribution is 2.27. The molecule has 0 spiro atoms. The molecule has 7 atom stereocenters. The Labute approximate surface area is 265 Å². The minimum absolute atomic E-state index is 0.0174. The highest BCUT2D eigenvalue weighted by atomic mass is 19.1. The van der Waals surface area contributed by atoms with E-state index in [1.54, 1.807) is 23.1 Å². The zero-order valence-corrected chi connectivity index (χ0v) is 26.8. The number of nitrogens with zero attached hydrogens (tertiary/aromatic N) is 3. The van der Waals surface area contributed by atoms with Crippen molar-refractivity contribution in [2.24, 2.45) is 11.8 Å². The number of cyclic esters (lactones) is 1. The monoisotopic (exact) mass is 629 g/mol. The van der Waals surface area contributed by atoms with E-state index in [1.165, 1.54) is 4.90 Å². The fourth-order valence-corrected chi connectivity index (χ4v) is 6.03. The molecule has 0 saturated carbocycles. The summed E-state index contributed by atoms with van der Waals surface area (Å²) in [6.07, 6.45) is 1.66. The van der Waals surface area contributed by atoms with E-state index < -0.39 is 42.5 Å². The summed E-state index contributed by atoms with van der Waals surface area (Å²) in [7, 11) is 2.02. The molecule has 2 N–H and O–H groups in total. The number of halogens is 1. The number of rotatable bonds is 5. The summed E-state index contributed by atoms with van der Waals surface area (Å²) in [6, 6.07) is 6.87. The Bertz CT molecular complexity index is 1250. The van der Waals surface area contributed by atoms with E-state index in [9.17, 15) is 29.0 Å². The lowest BCUT2D eigenvalue weighted by molar-refractivity contribution is -0.151. The van der Waals surface area contributed by atoms with Gasteiger partial charge in [-0.05, 0) is 68.0 Å². The van der Waals surface area contributed by atoms with E-state index in [1.807, 2.05) is 52.1 Å². The van der Waals surface area contributed by atoms with Crippen LogP contribution in [0.4, 0.5) is 9.18 Å². The maximum absolute atomic E-state index is 13.6. The van der Waals surface area contributed by atoms with Crippen LogP contribution in [-0.2, 0) is 19.1 Å². The molecule has 2 fully saturated rings. The Morgan fingerprint density at radius 3 is 2.49 bits per heavy atom. The minimum atomic E-state index is -1.42. The highest BCUT2D eigenvalue weighted by molar-refractivity contribution is 5.82. The number of amides is 2. The number of aliphatic hydroxyl groups excluding tert-OH is 2. The zero-order chi connectivity index (χ0) is 32.7. The van der Waals surface area contributed by atoms with Gasteiger partial charge in [0.2, 0.25) is 0 Å². The number of hydrogen-bond donors (Lipinski definition) is 2. The maximum atomic E-state index is 13.6. The van der Waals surface area contributed by atoms with E-state index in [2.05, 4.69) is 4.90 Å². The number of esters is 1. The van der Waals surface area contributed by atoms with Crippen LogP contribution in [0, 0.1) is 11.8 Å². The smallest absolute Gasteiger partial charge is 0.410 e. The standard InChI is InChI=1S/C34H48FN3O7/c1-22-8-10-28(39)20-30(40)45-32(23(2)9-11-29(22)44-34(43)37-16-14-36(4)15-17-37)24(3)18-25-6-5-7-26(19-25)31(41)33(42)38-13-12-27(35)21-38/h5-7,9,11,18-19,22-23,27-29,31-32,39,41H,8,10,12-17,20-21H2,1-4H3/b11-9+,24-18+/t22-,23-,27+,28+,29-,31?,32-/m0/s1. The van der Waals surface area contributed by atoms with Gasteiger partial charge in [-0.25, -0.2) is 9.18 Å². The first-order valence-electron chi connectivity index (χ1n) is 16.0. The van der Waals surface area contributed by atoms with Crippen molar-refractivity contribution in [3.63, 3.8) is 0 Å². The van der Waals surface area contributed by atoms with Crippen LogP contribution < -0.4 is 0 Å². The van der Waals surface area contributed by atoms with Gasteiger partial charge in [0.15, 0.2) is 6.10 Å². The van der Waals surface area contributed by atoms with Gasteiger partial charge in [0.25, 0.3) is 5.91 Å². The molecule has 1 unspecified atom stereocenters. The molecule has 0 radical (unpaired) electrons. The number of piperazine rings is 1. The molecule has 4 rings (SSSR count). The van der Waals surface area contributed by atoms with E-state index >= 15 is 0 Å². The fraction of sp³-hybridized carbons (Fsp3) is 0.618. The number of hydrogen-bond acceptors (Lipinski definition) is 8. The Hall–Kier alpha value is -3.28. The Kier molecular flexibility index (Phi) is 12.2. The molecule has 2 amide bonds. The first-order valence-corrected chi connectivity index (χ1v) is 16.0. The molecule has 1 aromatic carbocycles. The van der Waals surface area contributed by atoms with Gasteiger partial charge in [-0.1, -0.05) is 44.2 Å². The lowest BCUT2D eigenvalue weighted by atomic mass is 9.91. The van der Waals surface area contributed by atoms with Gasteiger partial charge in [-0.3, -0.25) is 9.59 Å². The summed E-state index contributed by atoms with van der Waals surface area (Å²) in [5.74, 6) is -1.44. The number of carbonyl (C=O) groups excluding carboxylic acids is 3. The van der Waals surface area contributed by atoms with Crippen LogP contribution in [-0.4, -0.2) is 114 Å². The van der Waals surface area contributed by atoms with Crippen LogP contribution in [0.5, 0.6) is 0 Å². The summed E-state index contributed by atoms with van der Waals surface area (Å²) < 4.78 is 25.5. The second-order valence-corrected chi connectivity index (χ2v) is 12.8. The summed E-state index contributed by atoms with van der Waals surface area (Å²) in [5.41, 5.74) is 1.78. The van der Waals surface area contributed by atoms with Crippen molar-refractivity contribution < 1.29 is 38.5 Å². The third kappa shape index (κ3) is 9.61. The van der Waals surface area contributed by atoms with Crippen molar-refractivity contribution in [2.45, 2.75) is 77.0 Å². The van der Waals surface area contributed by atoms with E-state index in [4.69, 9.17) is 9.47 Å². The Balaban J connectivity index is 1.53. The molecule has 45 heavy (non-hydrogen) atoms. The SMILES string of the molecule is C/C(=C\c1cccc(C(O)C(=O)N2CC[C@@H](F)C2)c1)[C@H]1OC(=O)C[C@H](O)CC[C@H](C)[C@@H](OC(=O)N2CCN(C)CC2)/C=C/[C@@H]1C. The van der Waals surface area contributed by atoms with E-state index in [0.717, 1.165) is 13.1 Å². The number of likely N-dealkylation sites (tertiary alicyclic amines) is 1. The molecule has 248 valence electrons. The molecule has 1 aromatic rings. The molecular formula is C34H48FN3O7. The normalized spacial score (nSPS) is 30.6. The van der Waals surface area contributed by atoms with Crippen LogP contribution in [0.3, 0.4) is 0 Å². The van der Waals surface area contributed by atoms with Crippen molar-refractivity contribution in [3.05, 3.63) is 53.1 Å². The van der Waals surface area contributed by atoms with Gasteiger partial charge in [-0.2, -0.15) is 0 Å². The number of benzene rings is 1. The Morgan fingerprint density at radius 2 is 1.80 bits per heavy atom. The highest BCUT2D eigenvalue weighted by Gasteiger charge is 2.31. The lowest BCUT2D eigenvalue weighted by Gasteiger charge is -2.33. The number of carbonyl (C=O) groups is 3. The summed E-state index contributed by atoms with van der Waals surface area (Å²) in [4.78, 5) is 43.9. The number of aliphatic hydroxyl groups is 2. The molecule has 0 aromatic heterocycles. The average molecular weight is 630 g/mol. The third-order valence-corrected chi connectivity index (χ3v) is 9.00.